The van der Waals surface area contributed by atoms with Crippen LogP contribution in [0.15, 0.2) is 18.2 Å². The minimum Gasteiger partial charge on any atom is -0.496 e. The highest BCUT2D eigenvalue weighted by atomic mass is 16.5. The van der Waals surface area contributed by atoms with Crippen molar-refractivity contribution in [3.8, 4) is 5.75 Å². The van der Waals surface area contributed by atoms with Crippen molar-refractivity contribution >= 4 is 0 Å². The van der Waals surface area contributed by atoms with E-state index in [2.05, 4.69) is 12.2 Å². The van der Waals surface area contributed by atoms with Gasteiger partial charge in [-0.1, -0.05) is 13.0 Å². The number of methoxy groups -OCH3 is 1. The van der Waals surface area contributed by atoms with E-state index in [0.717, 1.165) is 36.3 Å². The number of rotatable bonds is 6. The van der Waals surface area contributed by atoms with E-state index >= 15 is 0 Å². The molecule has 3 heteroatoms. The Morgan fingerprint density at radius 3 is 2.75 bits per heavy atom. The lowest BCUT2D eigenvalue weighted by molar-refractivity contribution is 0.167. The van der Waals surface area contributed by atoms with E-state index in [1.54, 1.807) is 7.11 Å². The van der Waals surface area contributed by atoms with Gasteiger partial charge in [0.05, 0.1) is 13.2 Å². The van der Waals surface area contributed by atoms with Gasteiger partial charge in [-0.2, -0.15) is 0 Å². The van der Waals surface area contributed by atoms with Crippen LogP contribution < -0.4 is 10.1 Å². The van der Waals surface area contributed by atoms with Crippen molar-refractivity contribution in [2.75, 3.05) is 20.7 Å². The van der Waals surface area contributed by atoms with Gasteiger partial charge in [-0.25, -0.2) is 0 Å². The normalized spacial score (nSPS) is 12.5. The monoisotopic (exact) mass is 223 g/mol. The zero-order valence-corrected chi connectivity index (χ0v) is 10.3. The summed E-state index contributed by atoms with van der Waals surface area (Å²) in [5.41, 5.74) is 2.11. The molecule has 0 amide bonds. The Morgan fingerprint density at radius 2 is 2.19 bits per heavy atom. The lowest BCUT2D eigenvalue weighted by Crippen LogP contribution is -2.12. The summed E-state index contributed by atoms with van der Waals surface area (Å²) in [6.45, 7) is 2.90. The van der Waals surface area contributed by atoms with E-state index < -0.39 is 6.10 Å². The van der Waals surface area contributed by atoms with Crippen molar-refractivity contribution < 1.29 is 9.84 Å². The molecule has 3 nitrogen and oxygen atoms in total. The van der Waals surface area contributed by atoms with Crippen molar-refractivity contribution in [2.45, 2.75) is 25.9 Å². The maximum absolute atomic E-state index is 9.95. The molecule has 0 bridgehead atoms. The summed E-state index contributed by atoms with van der Waals surface area (Å²) in [4.78, 5) is 0. The third-order valence-electron chi connectivity index (χ3n) is 2.74. The fourth-order valence-electron chi connectivity index (χ4n) is 1.73. The van der Waals surface area contributed by atoms with Crippen molar-refractivity contribution in [3.05, 3.63) is 29.3 Å². The molecule has 0 radical (unpaired) electrons. The molecule has 1 atom stereocenters. The van der Waals surface area contributed by atoms with Crippen molar-refractivity contribution in [3.63, 3.8) is 0 Å². The summed E-state index contributed by atoms with van der Waals surface area (Å²) in [6, 6.07) is 5.88. The molecule has 0 aliphatic rings. The summed E-state index contributed by atoms with van der Waals surface area (Å²) in [5, 5.41) is 13.0. The predicted molar refractivity (Wildman–Crippen MR) is 65.9 cm³/mol. The number of hydrogen-bond acceptors (Lipinski definition) is 3. The average Bonchev–Trinajstić information content (AvgIpc) is 2.34. The van der Waals surface area contributed by atoms with Gasteiger partial charge in [0.25, 0.3) is 0 Å². The van der Waals surface area contributed by atoms with Gasteiger partial charge >= 0.3 is 0 Å². The zero-order valence-electron chi connectivity index (χ0n) is 10.3. The summed E-state index contributed by atoms with van der Waals surface area (Å²) in [6.07, 6.45) is 1.24. The maximum Gasteiger partial charge on any atom is 0.122 e. The fourth-order valence-corrected chi connectivity index (χ4v) is 1.73. The van der Waals surface area contributed by atoms with Gasteiger partial charge in [0, 0.05) is 0 Å². The van der Waals surface area contributed by atoms with E-state index in [1.165, 1.54) is 0 Å². The van der Waals surface area contributed by atoms with Crippen LogP contribution in [0.4, 0.5) is 0 Å². The third-order valence-corrected chi connectivity index (χ3v) is 2.74. The second kappa shape index (κ2) is 6.51. The number of ether oxygens (including phenoxy) is 1. The second-order valence-corrected chi connectivity index (χ2v) is 3.83. The van der Waals surface area contributed by atoms with Crippen LogP contribution in [0.3, 0.4) is 0 Å². The molecule has 1 unspecified atom stereocenters. The molecule has 0 fully saturated rings. The van der Waals surface area contributed by atoms with Gasteiger partial charge in [-0.05, 0) is 49.7 Å². The van der Waals surface area contributed by atoms with Crippen LogP contribution >= 0.6 is 0 Å². The van der Waals surface area contributed by atoms with E-state index in [0.29, 0.717) is 0 Å². The molecule has 1 aromatic carbocycles. The Hall–Kier alpha value is -1.06. The molecule has 0 saturated heterocycles. The highest BCUT2D eigenvalue weighted by Crippen LogP contribution is 2.24. The Balaban J connectivity index is 2.81. The molecule has 0 aliphatic heterocycles. The number of aryl methyl sites for hydroxylation is 1. The number of hydrogen-bond donors (Lipinski definition) is 2. The Bertz CT molecular complexity index is 326. The maximum atomic E-state index is 9.95. The highest BCUT2D eigenvalue weighted by Gasteiger charge is 2.09. The minimum atomic E-state index is -0.399. The van der Waals surface area contributed by atoms with Crippen molar-refractivity contribution in [1.29, 1.82) is 0 Å². The van der Waals surface area contributed by atoms with E-state index in [-0.39, 0.29) is 0 Å². The van der Waals surface area contributed by atoms with E-state index in [9.17, 15) is 5.11 Å². The van der Waals surface area contributed by atoms with Crippen LogP contribution in [-0.2, 0) is 6.42 Å². The van der Waals surface area contributed by atoms with Gasteiger partial charge < -0.3 is 15.2 Å². The highest BCUT2D eigenvalue weighted by molar-refractivity contribution is 5.38. The number of aliphatic hydroxyl groups excluding tert-OH is 1. The molecule has 0 aromatic heterocycles. The average molecular weight is 223 g/mol. The van der Waals surface area contributed by atoms with Gasteiger partial charge in [0.15, 0.2) is 0 Å². The Kier molecular flexibility index (Phi) is 5.29. The smallest absolute Gasteiger partial charge is 0.122 e. The molecule has 0 heterocycles. The molecule has 1 aromatic rings. The van der Waals surface area contributed by atoms with Gasteiger partial charge in [-0.15, -0.1) is 0 Å². The van der Waals surface area contributed by atoms with Gasteiger partial charge in [-0.3, -0.25) is 0 Å². The molecular formula is C13H21NO2. The largest absolute Gasteiger partial charge is 0.496 e. The topological polar surface area (TPSA) is 41.5 Å². The number of nitrogens with one attached hydrogen (secondary N) is 1. The lowest BCUT2D eigenvalue weighted by Gasteiger charge is -2.14. The lowest BCUT2D eigenvalue weighted by atomic mass is 10.0. The SMILES string of the molecule is CCc1cc(C(O)CCNC)ccc1OC. The molecule has 0 spiro atoms. The molecule has 90 valence electrons. The van der Waals surface area contributed by atoms with E-state index in [1.807, 2.05) is 25.2 Å². The molecule has 2 N–H and O–H groups in total. The van der Waals surface area contributed by atoms with Crippen molar-refractivity contribution in [2.24, 2.45) is 0 Å². The summed E-state index contributed by atoms with van der Waals surface area (Å²) < 4.78 is 5.26. The first kappa shape index (κ1) is 13.0. The third kappa shape index (κ3) is 3.22. The summed E-state index contributed by atoms with van der Waals surface area (Å²) in [7, 11) is 3.56. The van der Waals surface area contributed by atoms with E-state index in [4.69, 9.17) is 4.74 Å². The number of benzene rings is 1. The first-order chi connectivity index (χ1) is 7.72. The Labute approximate surface area is 97.4 Å². The van der Waals surface area contributed by atoms with Crippen molar-refractivity contribution in [1.82, 2.24) is 5.32 Å². The van der Waals surface area contributed by atoms with Crippen LogP contribution in [-0.4, -0.2) is 25.8 Å². The standard InChI is InChI=1S/C13H21NO2/c1-4-10-9-11(5-6-13(10)16-3)12(15)7-8-14-2/h5-6,9,12,14-15H,4,7-8H2,1-3H3. The zero-order chi connectivity index (χ0) is 12.0. The van der Waals surface area contributed by atoms with Crippen LogP contribution in [0.25, 0.3) is 0 Å². The van der Waals surface area contributed by atoms with Crippen LogP contribution in [0.5, 0.6) is 5.75 Å². The first-order valence-corrected chi connectivity index (χ1v) is 5.72. The first-order valence-electron chi connectivity index (χ1n) is 5.72. The fraction of sp³-hybridized carbons (Fsp3) is 0.538. The Morgan fingerprint density at radius 1 is 1.44 bits per heavy atom. The quantitative estimate of drug-likeness (QED) is 0.774. The molecule has 0 saturated carbocycles. The summed E-state index contributed by atoms with van der Waals surface area (Å²) in [5.74, 6) is 0.895. The molecular weight excluding hydrogens is 202 g/mol. The van der Waals surface area contributed by atoms with Crippen LogP contribution in [0, 0.1) is 0 Å². The molecule has 16 heavy (non-hydrogen) atoms. The minimum absolute atomic E-state index is 0.399. The van der Waals surface area contributed by atoms with Crippen LogP contribution in [0.1, 0.15) is 30.6 Å². The molecule has 0 aliphatic carbocycles. The summed E-state index contributed by atoms with van der Waals surface area (Å²) >= 11 is 0. The number of aliphatic hydroxyl groups is 1. The second-order valence-electron chi connectivity index (χ2n) is 3.83. The predicted octanol–water partition coefficient (Wildman–Crippen LogP) is 1.90. The van der Waals surface area contributed by atoms with Crippen LogP contribution in [0.2, 0.25) is 0 Å². The van der Waals surface area contributed by atoms with Gasteiger partial charge in [0.2, 0.25) is 0 Å². The molecule has 1 rings (SSSR count). The van der Waals surface area contributed by atoms with Gasteiger partial charge in [0.1, 0.15) is 5.75 Å².